The van der Waals surface area contributed by atoms with Crippen molar-refractivity contribution >= 4 is 5.91 Å². The van der Waals surface area contributed by atoms with Gasteiger partial charge in [0.05, 0.1) is 0 Å². The van der Waals surface area contributed by atoms with E-state index in [1.54, 1.807) is 25.1 Å². The lowest BCUT2D eigenvalue weighted by Gasteiger charge is -2.08. The van der Waals surface area contributed by atoms with Crippen molar-refractivity contribution in [2.45, 2.75) is 26.7 Å². The molecule has 0 spiro atoms. The average Bonchev–Trinajstić information content (AvgIpc) is 2.36. The third-order valence-electron chi connectivity index (χ3n) is 2.65. The molecule has 18 heavy (non-hydrogen) atoms. The molecular formula is C14H21NO3. The van der Waals surface area contributed by atoms with E-state index in [-0.39, 0.29) is 11.7 Å². The summed E-state index contributed by atoms with van der Waals surface area (Å²) in [6.45, 7) is 5.80. The van der Waals surface area contributed by atoms with Gasteiger partial charge in [-0.1, -0.05) is 13.0 Å². The van der Waals surface area contributed by atoms with Crippen LogP contribution in [0, 0.1) is 6.92 Å². The second-order valence-electron chi connectivity index (χ2n) is 4.17. The Hall–Kier alpha value is -1.55. The lowest BCUT2D eigenvalue weighted by atomic mass is 10.1. The molecule has 1 amide bonds. The molecule has 1 aromatic carbocycles. The van der Waals surface area contributed by atoms with Crippen molar-refractivity contribution in [3.63, 3.8) is 0 Å². The molecule has 0 unspecified atom stereocenters. The van der Waals surface area contributed by atoms with Gasteiger partial charge in [0.2, 0.25) is 0 Å². The Balaban J connectivity index is 2.35. The second-order valence-corrected chi connectivity index (χ2v) is 4.17. The van der Waals surface area contributed by atoms with Gasteiger partial charge in [-0.25, -0.2) is 0 Å². The van der Waals surface area contributed by atoms with E-state index in [2.05, 4.69) is 12.2 Å². The van der Waals surface area contributed by atoms with Crippen LogP contribution in [0.5, 0.6) is 5.75 Å². The Labute approximate surface area is 108 Å². The molecule has 0 aliphatic carbocycles. The lowest BCUT2D eigenvalue weighted by molar-refractivity contribution is 0.0940. The van der Waals surface area contributed by atoms with E-state index in [1.807, 2.05) is 0 Å². The molecule has 4 heteroatoms. The van der Waals surface area contributed by atoms with Crippen molar-refractivity contribution in [1.82, 2.24) is 5.32 Å². The summed E-state index contributed by atoms with van der Waals surface area (Å²) in [7, 11) is 0. The van der Waals surface area contributed by atoms with Crippen molar-refractivity contribution in [1.29, 1.82) is 0 Å². The molecule has 0 atom stereocenters. The van der Waals surface area contributed by atoms with E-state index in [0.717, 1.165) is 19.4 Å². The van der Waals surface area contributed by atoms with E-state index >= 15 is 0 Å². The van der Waals surface area contributed by atoms with Gasteiger partial charge in [0, 0.05) is 30.9 Å². The van der Waals surface area contributed by atoms with Crippen LogP contribution in [-0.2, 0) is 4.74 Å². The van der Waals surface area contributed by atoms with Crippen molar-refractivity contribution in [3.05, 3.63) is 29.3 Å². The molecule has 1 aromatic rings. The maximum absolute atomic E-state index is 11.8. The van der Waals surface area contributed by atoms with Gasteiger partial charge in [-0.2, -0.15) is 0 Å². The number of nitrogens with one attached hydrogen (secondary N) is 1. The highest BCUT2D eigenvalue weighted by Gasteiger charge is 2.10. The van der Waals surface area contributed by atoms with Crippen LogP contribution in [-0.4, -0.2) is 30.8 Å². The number of phenolic OH excluding ortho intramolecular Hbond substituents is 1. The standard InChI is InChI=1S/C14H21NO3/c1-3-9-18-10-5-8-15-14(17)12-6-4-7-13(16)11(12)2/h4,6-7,16H,3,5,8-10H2,1-2H3,(H,15,17). The number of carbonyl (C=O) groups excluding carboxylic acids is 1. The van der Waals surface area contributed by atoms with Gasteiger partial charge in [0.25, 0.3) is 5.91 Å². The van der Waals surface area contributed by atoms with Gasteiger partial charge < -0.3 is 15.2 Å². The van der Waals surface area contributed by atoms with Crippen molar-refractivity contribution < 1.29 is 14.6 Å². The average molecular weight is 251 g/mol. The minimum atomic E-state index is -0.154. The monoisotopic (exact) mass is 251 g/mol. The first-order chi connectivity index (χ1) is 8.66. The number of hydrogen-bond acceptors (Lipinski definition) is 3. The van der Waals surface area contributed by atoms with Crippen molar-refractivity contribution in [3.8, 4) is 5.75 Å². The molecule has 0 bridgehead atoms. The number of ether oxygens (including phenoxy) is 1. The predicted octanol–water partition coefficient (Wildman–Crippen LogP) is 2.25. The number of amides is 1. The van der Waals surface area contributed by atoms with Gasteiger partial charge >= 0.3 is 0 Å². The Morgan fingerprint density at radius 1 is 1.39 bits per heavy atom. The van der Waals surface area contributed by atoms with Gasteiger partial charge in [-0.05, 0) is 31.9 Å². The fourth-order valence-electron chi connectivity index (χ4n) is 1.59. The number of rotatable bonds is 7. The molecule has 0 aliphatic rings. The first kappa shape index (κ1) is 14.5. The first-order valence-corrected chi connectivity index (χ1v) is 6.31. The maximum Gasteiger partial charge on any atom is 0.251 e. The van der Waals surface area contributed by atoms with E-state index in [4.69, 9.17) is 4.74 Å². The normalized spacial score (nSPS) is 10.3. The summed E-state index contributed by atoms with van der Waals surface area (Å²) in [5.74, 6) is -0.00665. The Morgan fingerprint density at radius 2 is 2.17 bits per heavy atom. The van der Waals surface area contributed by atoms with Gasteiger partial charge in [-0.3, -0.25) is 4.79 Å². The molecule has 0 aliphatic heterocycles. The predicted molar refractivity (Wildman–Crippen MR) is 70.9 cm³/mol. The molecule has 0 heterocycles. The van der Waals surface area contributed by atoms with Crippen LogP contribution in [0.15, 0.2) is 18.2 Å². The highest BCUT2D eigenvalue weighted by molar-refractivity contribution is 5.96. The molecule has 1 rings (SSSR count). The van der Waals surface area contributed by atoms with Crippen LogP contribution < -0.4 is 5.32 Å². The zero-order valence-corrected chi connectivity index (χ0v) is 11.0. The van der Waals surface area contributed by atoms with Crippen molar-refractivity contribution in [2.75, 3.05) is 19.8 Å². The van der Waals surface area contributed by atoms with Gasteiger partial charge in [0.15, 0.2) is 0 Å². The zero-order valence-electron chi connectivity index (χ0n) is 11.0. The molecule has 100 valence electrons. The van der Waals surface area contributed by atoms with Crippen LogP contribution in [0.3, 0.4) is 0 Å². The van der Waals surface area contributed by atoms with Gasteiger partial charge in [-0.15, -0.1) is 0 Å². The molecule has 0 saturated heterocycles. The van der Waals surface area contributed by atoms with Crippen LogP contribution in [0.25, 0.3) is 0 Å². The summed E-state index contributed by atoms with van der Waals surface area (Å²) in [5, 5.41) is 12.3. The molecule has 0 radical (unpaired) electrons. The summed E-state index contributed by atoms with van der Waals surface area (Å²) in [5.41, 5.74) is 1.13. The minimum absolute atomic E-state index is 0.147. The second kappa shape index (κ2) is 7.71. The Morgan fingerprint density at radius 3 is 2.89 bits per heavy atom. The molecular weight excluding hydrogens is 230 g/mol. The van der Waals surface area contributed by atoms with E-state index in [0.29, 0.717) is 24.3 Å². The topological polar surface area (TPSA) is 58.6 Å². The molecule has 2 N–H and O–H groups in total. The zero-order chi connectivity index (χ0) is 13.4. The summed E-state index contributed by atoms with van der Waals surface area (Å²) in [4.78, 5) is 11.8. The molecule has 0 aromatic heterocycles. The van der Waals surface area contributed by atoms with Gasteiger partial charge in [0.1, 0.15) is 5.75 Å². The van der Waals surface area contributed by atoms with E-state index < -0.39 is 0 Å². The summed E-state index contributed by atoms with van der Waals surface area (Å²) < 4.78 is 5.32. The Bertz CT molecular complexity index is 391. The summed E-state index contributed by atoms with van der Waals surface area (Å²) >= 11 is 0. The third-order valence-corrected chi connectivity index (χ3v) is 2.65. The smallest absolute Gasteiger partial charge is 0.251 e. The third kappa shape index (κ3) is 4.37. The molecule has 4 nitrogen and oxygen atoms in total. The number of aromatic hydroxyl groups is 1. The Kier molecular flexibility index (Phi) is 6.22. The first-order valence-electron chi connectivity index (χ1n) is 6.31. The SMILES string of the molecule is CCCOCCCNC(=O)c1cccc(O)c1C. The highest BCUT2D eigenvalue weighted by Crippen LogP contribution is 2.19. The van der Waals surface area contributed by atoms with Crippen LogP contribution in [0.2, 0.25) is 0 Å². The van der Waals surface area contributed by atoms with E-state index in [1.165, 1.54) is 0 Å². The number of hydrogen-bond donors (Lipinski definition) is 2. The van der Waals surface area contributed by atoms with Crippen molar-refractivity contribution in [2.24, 2.45) is 0 Å². The molecule has 0 saturated carbocycles. The van der Waals surface area contributed by atoms with E-state index in [9.17, 15) is 9.90 Å². The fraction of sp³-hybridized carbons (Fsp3) is 0.500. The quantitative estimate of drug-likeness (QED) is 0.731. The number of phenols is 1. The maximum atomic E-state index is 11.8. The number of carbonyl (C=O) groups is 1. The summed E-state index contributed by atoms with van der Waals surface area (Å²) in [6.07, 6.45) is 1.80. The van der Waals surface area contributed by atoms with Crippen LogP contribution >= 0.6 is 0 Å². The highest BCUT2D eigenvalue weighted by atomic mass is 16.5. The fourth-order valence-corrected chi connectivity index (χ4v) is 1.59. The minimum Gasteiger partial charge on any atom is -0.508 e. The molecule has 0 fully saturated rings. The van der Waals surface area contributed by atoms with Crippen LogP contribution in [0.4, 0.5) is 0 Å². The number of benzene rings is 1. The summed E-state index contributed by atoms with van der Waals surface area (Å²) in [6, 6.07) is 4.95. The largest absolute Gasteiger partial charge is 0.508 e. The lowest BCUT2D eigenvalue weighted by Crippen LogP contribution is -2.26. The van der Waals surface area contributed by atoms with Crippen LogP contribution in [0.1, 0.15) is 35.7 Å².